The first-order valence-electron chi connectivity index (χ1n) is 4.20. The van der Waals surface area contributed by atoms with Crippen LogP contribution in [-0.2, 0) is 11.3 Å². The zero-order valence-corrected chi connectivity index (χ0v) is 8.17. The number of hydrogen-bond acceptors (Lipinski definition) is 2. The van der Waals surface area contributed by atoms with Crippen LogP contribution in [0.4, 0.5) is 0 Å². The van der Waals surface area contributed by atoms with Gasteiger partial charge in [0.2, 0.25) is 0 Å². The number of aliphatic carboxylic acids is 1. The molecule has 2 rings (SSSR count). The number of nitrogens with zero attached hydrogens (tertiary/aromatic N) is 1. The second-order valence-corrected chi connectivity index (χ2v) is 3.96. The molecule has 0 saturated carbocycles. The third kappa shape index (κ3) is 1.25. The van der Waals surface area contributed by atoms with Crippen LogP contribution in [0.15, 0.2) is 17.2 Å². The van der Waals surface area contributed by atoms with Crippen molar-refractivity contribution in [1.29, 1.82) is 0 Å². The van der Waals surface area contributed by atoms with Gasteiger partial charge >= 0.3 is 5.97 Å². The predicted octanol–water partition coefficient (Wildman–Crippen LogP) is 1.78. The lowest BCUT2D eigenvalue weighted by Gasteiger charge is -2.02. The molecule has 1 N–H and O–H groups in total. The summed E-state index contributed by atoms with van der Waals surface area (Å²) in [5.41, 5.74) is 0.955. The number of rotatable bonds is 2. The average Bonchev–Trinajstić information content (AvgIpc) is 2.61. The van der Waals surface area contributed by atoms with E-state index in [0.29, 0.717) is 0 Å². The summed E-state index contributed by atoms with van der Waals surface area (Å²) in [4.78, 5) is 10.8. The molecule has 1 aromatic heterocycles. The lowest BCUT2D eigenvalue weighted by atomic mass is 10.1. The number of carboxylic acids is 1. The Bertz CT molecular complexity index is 345. The van der Waals surface area contributed by atoms with Gasteiger partial charge in [0.25, 0.3) is 0 Å². The van der Waals surface area contributed by atoms with E-state index in [1.165, 1.54) is 5.03 Å². The maximum atomic E-state index is 10.8. The standard InChI is InChI=1S/C9H11NO2S/c1-13-8-3-2-7-6(9(11)12)4-5-10(7)8/h2-3,6H,4-5H2,1H3,(H,11,12). The average molecular weight is 197 g/mol. The molecular weight excluding hydrogens is 186 g/mol. The fourth-order valence-corrected chi connectivity index (χ4v) is 2.46. The molecule has 1 atom stereocenters. The molecule has 0 aromatic carbocycles. The number of carbonyl (C=O) groups is 1. The lowest BCUT2D eigenvalue weighted by molar-refractivity contribution is -0.138. The third-order valence-corrected chi connectivity index (χ3v) is 3.25. The van der Waals surface area contributed by atoms with Gasteiger partial charge in [0.15, 0.2) is 0 Å². The van der Waals surface area contributed by atoms with Gasteiger partial charge < -0.3 is 9.67 Å². The summed E-state index contributed by atoms with van der Waals surface area (Å²) >= 11 is 1.66. The van der Waals surface area contributed by atoms with E-state index in [2.05, 4.69) is 4.57 Å². The van der Waals surface area contributed by atoms with Gasteiger partial charge in [-0.05, 0) is 24.8 Å². The number of hydrogen-bond donors (Lipinski definition) is 1. The van der Waals surface area contributed by atoms with Crippen LogP contribution in [0.5, 0.6) is 0 Å². The van der Waals surface area contributed by atoms with E-state index in [4.69, 9.17) is 5.11 Å². The molecule has 1 aliphatic rings. The Balaban J connectivity index is 2.38. The minimum Gasteiger partial charge on any atom is -0.481 e. The number of aromatic nitrogens is 1. The maximum absolute atomic E-state index is 10.8. The summed E-state index contributed by atoms with van der Waals surface area (Å²) in [7, 11) is 0. The first-order chi connectivity index (χ1) is 6.24. The summed E-state index contributed by atoms with van der Waals surface area (Å²) in [6, 6.07) is 3.92. The van der Waals surface area contributed by atoms with Gasteiger partial charge in [-0.25, -0.2) is 0 Å². The van der Waals surface area contributed by atoms with E-state index >= 15 is 0 Å². The van der Waals surface area contributed by atoms with E-state index in [-0.39, 0.29) is 5.92 Å². The fraction of sp³-hybridized carbons (Fsp3) is 0.444. The highest BCUT2D eigenvalue weighted by atomic mass is 32.2. The second kappa shape index (κ2) is 3.10. The van der Waals surface area contributed by atoms with Crippen molar-refractivity contribution in [2.75, 3.05) is 6.26 Å². The molecule has 13 heavy (non-hydrogen) atoms. The highest BCUT2D eigenvalue weighted by Gasteiger charge is 2.29. The summed E-state index contributed by atoms with van der Waals surface area (Å²) in [5, 5.41) is 10.1. The Hall–Kier alpha value is -0.900. The summed E-state index contributed by atoms with van der Waals surface area (Å²) in [6.45, 7) is 0.843. The topological polar surface area (TPSA) is 42.2 Å². The Morgan fingerprint density at radius 2 is 2.46 bits per heavy atom. The molecule has 0 saturated heterocycles. The van der Waals surface area contributed by atoms with E-state index in [9.17, 15) is 4.79 Å². The highest BCUT2D eigenvalue weighted by molar-refractivity contribution is 7.98. The van der Waals surface area contributed by atoms with Crippen LogP contribution in [0, 0.1) is 0 Å². The molecule has 4 heteroatoms. The van der Waals surface area contributed by atoms with E-state index in [1.54, 1.807) is 11.8 Å². The number of fused-ring (bicyclic) bond motifs is 1. The number of thioether (sulfide) groups is 1. The molecule has 0 spiro atoms. The minimum atomic E-state index is -0.704. The number of carboxylic acid groups (broad SMARTS) is 1. The van der Waals surface area contributed by atoms with Crippen molar-refractivity contribution in [1.82, 2.24) is 4.57 Å². The maximum Gasteiger partial charge on any atom is 0.312 e. The molecule has 0 amide bonds. The van der Waals surface area contributed by atoms with Crippen molar-refractivity contribution in [2.45, 2.75) is 23.9 Å². The molecule has 0 aliphatic carbocycles. The normalized spacial score (nSPS) is 20.2. The van der Waals surface area contributed by atoms with Crippen molar-refractivity contribution in [3.8, 4) is 0 Å². The van der Waals surface area contributed by atoms with Crippen molar-refractivity contribution in [3.63, 3.8) is 0 Å². The fourth-order valence-electron chi connectivity index (χ4n) is 1.84. The van der Waals surface area contributed by atoms with Gasteiger partial charge in [-0.1, -0.05) is 0 Å². The van der Waals surface area contributed by atoms with Crippen LogP contribution in [0.1, 0.15) is 18.0 Å². The lowest BCUT2D eigenvalue weighted by Crippen LogP contribution is -2.07. The first kappa shape index (κ1) is 8.69. The predicted molar refractivity (Wildman–Crippen MR) is 51.2 cm³/mol. The summed E-state index contributed by atoms with van der Waals surface area (Å²) < 4.78 is 2.10. The summed E-state index contributed by atoms with van der Waals surface area (Å²) in [6.07, 6.45) is 2.75. The molecule has 0 radical (unpaired) electrons. The van der Waals surface area contributed by atoms with Crippen LogP contribution in [-0.4, -0.2) is 21.9 Å². The molecule has 0 fully saturated rings. The van der Waals surface area contributed by atoms with Crippen molar-refractivity contribution >= 4 is 17.7 Å². The molecular formula is C9H11NO2S. The van der Waals surface area contributed by atoms with Gasteiger partial charge in [-0.2, -0.15) is 0 Å². The van der Waals surface area contributed by atoms with Crippen LogP contribution in [0.25, 0.3) is 0 Å². The highest BCUT2D eigenvalue weighted by Crippen LogP contribution is 2.33. The molecule has 0 bridgehead atoms. The van der Waals surface area contributed by atoms with Crippen LogP contribution >= 0.6 is 11.8 Å². The smallest absolute Gasteiger partial charge is 0.312 e. The second-order valence-electron chi connectivity index (χ2n) is 3.13. The molecule has 1 aromatic rings. The van der Waals surface area contributed by atoms with Crippen molar-refractivity contribution in [2.24, 2.45) is 0 Å². The van der Waals surface area contributed by atoms with Crippen LogP contribution < -0.4 is 0 Å². The van der Waals surface area contributed by atoms with Gasteiger partial charge in [0, 0.05) is 12.2 Å². The van der Waals surface area contributed by atoms with Gasteiger partial charge in [0.1, 0.15) is 0 Å². The Labute approximate surface area is 80.7 Å². The van der Waals surface area contributed by atoms with E-state index in [1.807, 2.05) is 18.4 Å². The Kier molecular flexibility index (Phi) is 2.07. The third-order valence-electron chi connectivity index (χ3n) is 2.48. The first-order valence-corrected chi connectivity index (χ1v) is 5.42. The van der Waals surface area contributed by atoms with E-state index < -0.39 is 5.97 Å². The SMILES string of the molecule is CSc1ccc2n1CCC2C(=O)O. The zero-order chi connectivity index (χ0) is 9.42. The van der Waals surface area contributed by atoms with Crippen LogP contribution in [0.2, 0.25) is 0 Å². The molecule has 1 unspecified atom stereocenters. The monoisotopic (exact) mass is 197 g/mol. The zero-order valence-electron chi connectivity index (χ0n) is 7.36. The molecule has 70 valence electrons. The largest absolute Gasteiger partial charge is 0.481 e. The molecule has 1 aliphatic heterocycles. The Morgan fingerprint density at radius 1 is 1.69 bits per heavy atom. The molecule has 3 nitrogen and oxygen atoms in total. The van der Waals surface area contributed by atoms with Crippen LogP contribution in [0.3, 0.4) is 0 Å². The minimum absolute atomic E-state index is 0.291. The van der Waals surface area contributed by atoms with Gasteiger partial charge in [-0.3, -0.25) is 4.79 Å². The molecule has 2 heterocycles. The van der Waals surface area contributed by atoms with Crippen molar-refractivity contribution in [3.05, 3.63) is 17.8 Å². The van der Waals surface area contributed by atoms with E-state index in [0.717, 1.165) is 18.7 Å². The quantitative estimate of drug-likeness (QED) is 0.735. The summed E-state index contributed by atoms with van der Waals surface area (Å²) in [5.74, 6) is -0.995. The van der Waals surface area contributed by atoms with Crippen molar-refractivity contribution < 1.29 is 9.90 Å². The Morgan fingerprint density at radius 3 is 3.08 bits per heavy atom. The van der Waals surface area contributed by atoms with Gasteiger partial charge in [-0.15, -0.1) is 11.8 Å². The van der Waals surface area contributed by atoms with Gasteiger partial charge in [0.05, 0.1) is 10.9 Å².